The Morgan fingerprint density at radius 2 is 1.92 bits per heavy atom. The van der Waals surface area contributed by atoms with Gasteiger partial charge in [-0.15, -0.1) is 0 Å². The number of amides is 1. The number of carbonyl (C=O) groups excluding carboxylic acids is 1. The fourth-order valence-electron chi connectivity index (χ4n) is 2.24. The highest BCUT2D eigenvalue weighted by Crippen LogP contribution is 2.30. The molecule has 2 aromatic rings. The molecule has 1 heterocycles. The molecule has 0 saturated heterocycles. The second kappa shape index (κ2) is 8.28. The van der Waals surface area contributed by atoms with E-state index in [9.17, 15) is 4.79 Å². The molecule has 0 radical (unpaired) electrons. The Bertz CT molecular complexity index is 723. The number of anilines is 1. The minimum absolute atomic E-state index is 0.163. The second-order valence-electron chi connectivity index (χ2n) is 6.00. The quantitative estimate of drug-likeness (QED) is 0.695. The van der Waals surface area contributed by atoms with Gasteiger partial charge in [-0.05, 0) is 31.9 Å². The van der Waals surface area contributed by atoms with Crippen molar-refractivity contribution in [2.75, 3.05) is 11.1 Å². The van der Waals surface area contributed by atoms with E-state index >= 15 is 0 Å². The van der Waals surface area contributed by atoms with Crippen molar-refractivity contribution < 1.29 is 4.79 Å². The van der Waals surface area contributed by atoms with Crippen LogP contribution >= 0.6 is 35.0 Å². The van der Waals surface area contributed by atoms with Crippen LogP contribution in [-0.2, 0) is 11.3 Å². The average molecular weight is 386 g/mol. The molecule has 7 heteroatoms. The topological polar surface area (TPSA) is 46.9 Å². The van der Waals surface area contributed by atoms with E-state index in [-0.39, 0.29) is 11.7 Å². The molecule has 0 aliphatic heterocycles. The highest BCUT2D eigenvalue weighted by Gasteiger charge is 2.15. The molecule has 0 fully saturated rings. The fourth-order valence-corrected chi connectivity index (χ4v) is 3.63. The van der Waals surface area contributed by atoms with Gasteiger partial charge in [0.25, 0.3) is 0 Å². The number of halogens is 2. The lowest BCUT2D eigenvalue weighted by Gasteiger charge is -2.12. The van der Waals surface area contributed by atoms with Crippen LogP contribution in [0.5, 0.6) is 0 Å². The molecule has 0 unspecified atom stereocenters. The molecule has 0 aliphatic rings. The number of para-hydroxylation sites is 1. The average Bonchev–Trinajstić information content (AvgIpc) is 2.76. The predicted octanol–water partition coefficient (Wildman–Crippen LogP) is 5.19. The first kappa shape index (κ1) is 19.2. The van der Waals surface area contributed by atoms with Gasteiger partial charge in [0.1, 0.15) is 0 Å². The SMILES string of the molecule is Cc1nc(SCC(=O)Nc2c(Cl)cccc2Cl)n(CC(C)C)c1C. The zero-order chi connectivity index (χ0) is 17.9. The second-order valence-corrected chi connectivity index (χ2v) is 7.76. The van der Waals surface area contributed by atoms with Crippen LogP contribution in [0.15, 0.2) is 23.4 Å². The van der Waals surface area contributed by atoms with Crippen LogP contribution in [0.3, 0.4) is 0 Å². The highest BCUT2D eigenvalue weighted by atomic mass is 35.5. The zero-order valence-electron chi connectivity index (χ0n) is 14.2. The number of aromatic nitrogens is 2. The highest BCUT2D eigenvalue weighted by molar-refractivity contribution is 7.99. The molecule has 0 saturated carbocycles. The van der Waals surface area contributed by atoms with Gasteiger partial charge in [-0.3, -0.25) is 4.79 Å². The monoisotopic (exact) mass is 385 g/mol. The number of benzene rings is 1. The maximum atomic E-state index is 12.2. The van der Waals surface area contributed by atoms with Crippen LogP contribution in [0, 0.1) is 19.8 Å². The van der Waals surface area contributed by atoms with Crippen molar-refractivity contribution in [3.8, 4) is 0 Å². The van der Waals surface area contributed by atoms with Gasteiger partial charge in [0, 0.05) is 12.2 Å². The van der Waals surface area contributed by atoms with Crippen LogP contribution in [0.25, 0.3) is 0 Å². The zero-order valence-corrected chi connectivity index (χ0v) is 16.5. The molecule has 0 atom stereocenters. The maximum absolute atomic E-state index is 12.2. The molecular weight excluding hydrogens is 365 g/mol. The number of carbonyl (C=O) groups is 1. The van der Waals surface area contributed by atoms with Crippen LogP contribution < -0.4 is 5.32 Å². The number of thioether (sulfide) groups is 1. The Kier molecular flexibility index (Phi) is 6.61. The number of imidazole rings is 1. The van der Waals surface area contributed by atoms with Gasteiger partial charge >= 0.3 is 0 Å². The summed E-state index contributed by atoms with van der Waals surface area (Å²) in [6.07, 6.45) is 0. The third kappa shape index (κ3) is 4.68. The normalized spacial score (nSPS) is 11.1. The lowest BCUT2D eigenvalue weighted by Crippen LogP contribution is -2.15. The van der Waals surface area contributed by atoms with Gasteiger partial charge in [0.05, 0.1) is 27.2 Å². The van der Waals surface area contributed by atoms with Crippen LogP contribution in [0.1, 0.15) is 25.2 Å². The largest absolute Gasteiger partial charge is 0.323 e. The van der Waals surface area contributed by atoms with E-state index in [1.54, 1.807) is 18.2 Å². The van der Waals surface area contributed by atoms with E-state index in [0.717, 1.165) is 23.1 Å². The molecule has 1 amide bonds. The molecule has 2 rings (SSSR count). The summed E-state index contributed by atoms with van der Waals surface area (Å²) in [7, 11) is 0. The standard InChI is InChI=1S/C17H21Cl2N3OS/c1-10(2)8-22-12(4)11(3)20-17(22)24-9-15(23)21-16-13(18)6-5-7-14(16)19/h5-7,10H,8-9H2,1-4H3,(H,21,23). The van der Waals surface area contributed by atoms with E-state index in [2.05, 4.69) is 35.6 Å². The smallest absolute Gasteiger partial charge is 0.234 e. The summed E-state index contributed by atoms with van der Waals surface area (Å²) in [5, 5.41) is 4.48. The maximum Gasteiger partial charge on any atom is 0.234 e. The minimum Gasteiger partial charge on any atom is -0.323 e. The minimum atomic E-state index is -0.163. The van der Waals surface area contributed by atoms with E-state index in [1.165, 1.54) is 11.8 Å². The number of hydrogen-bond acceptors (Lipinski definition) is 3. The molecule has 4 nitrogen and oxygen atoms in total. The van der Waals surface area contributed by atoms with Gasteiger partial charge in [0.2, 0.25) is 5.91 Å². The van der Waals surface area contributed by atoms with Crippen molar-refractivity contribution in [3.05, 3.63) is 39.6 Å². The number of nitrogens with zero attached hydrogens (tertiary/aromatic N) is 2. The third-order valence-corrected chi connectivity index (χ3v) is 5.14. The molecule has 1 aromatic carbocycles. The third-order valence-electron chi connectivity index (χ3n) is 3.53. The summed E-state index contributed by atoms with van der Waals surface area (Å²) in [5.41, 5.74) is 2.58. The van der Waals surface area contributed by atoms with Crippen LogP contribution in [-0.4, -0.2) is 21.2 Å². The van der Waals surface area contributed by atoms with E-state index < -0.39 is 0 Å². The van der Waals surface area contributed by atoms with Gasteiger partial charge in [-0.2, -0.15) is 0 Å². The summed E-state index contributed by atoms with van der Waals surface area (Å²) in [6, 6.07) is 5.12. The molecule has 0 aliphatic carbocycles. The van der Waals surface area contributed by atoms with Crippen LogP contribution in [0.4, 0.5) is 5.69 Å². The first-order valence-corrected chi connectivity index (χ1v) is 9.44. The fraction of sp³-hybridized carbons (Fsp3) is 0.412. The van der Waals surface area contributed by atoms with Crippen molar-refractivity contribution in [3.63, 3.8) is 0 Å². The van der Waals surface area contributed by atoms with E-state index in [1.807, 2.05) is 6.92 Å². The van der Waals surface area contributed by atoms with Crippen LogP contribution in [0.2, 0.25) is 10.0 Å². The molecule has 1 N–H and O–H groups in total. The number of rotatable bonds is 6. The van der Waals surface area contributed by atoms with Crippen molar-refractivity contribution >= 4 is 46.6 Å². The molecule has 24 heavy (non-hydrogen) atoms. The first-order valence-electron chi connectivity index (χ1n) is 7.70. The summed E-state index contributed by atoms with van der Waals surface area (Å²) in [6.45, 7) is 9.25. The Morgan fingerprint density at radius 3 is 2.50 bits per heavy atom. The van der Waals surface area contributed by atoms with Crippen molar-refractivity contribution in [2.24, 2.45) is 5.92 Å². The van der Waals surface area contributed by atoms with Gasteiger partial charge in [-0.1, -0.05) is 54.9 Å². The van der Waals surface area contributed by atoms with E-state index in [0.29, 0.717) is 21.7 Å². The first-order chi connectivity index (χ1) is 11.3. The van der Waals surface area contributed by atoms with Crippen molar-refractivity contribution in [2.45, 2.75) is 39.4 Å². The van der Waals surface area contributed by atoms with E-state index in [4.69, 9.17) is 23.2 Å². The van der Waals surface area contributed by atoms with Gasteiger partial charge in [-0.25, -0.2) is 4.98 Å². The molecule has 1 aromatic heterocycles. The Labute approximate surface area is 156 Å². The molecule has 0 spiro atoms. The van der Waals surface area contributed by atoms with Gasteiger partial charge in [0.15, 0.2) is 5.16 Å². The lowest BCUT2D eigenvalue weighted by molar-refractivity contribution is -0.113. The number of aryl methyl sites for hydroxylation is 1. The Balaban J connectivity index is 2.06. The lowest BCUT2D eigenvalue weighted by atomic mass is 10.2. The van der Waals surface area contributed by atoms with Crippen molar-refractivity contribution in [1.29, 1.82) is 0 Å². The number of nitrogens with one attached hydrogen (secondary N) is 1. The predicted molar refractivity (Wildman–Crippen MR) is 102 cm³/mol. The summed E-state index contributed by atoms with van der Waals surface area (Å²) >= 11 is 13.6. The summed E-state index contributed by atoms with van der Waals surface area (Å²) in [5.74, 6) is 0.590. The Hall–Kier alpha value is -1.17. The molecule has 0 bridgehead atoms. The summed E-state index contributed by atoms with van der Waals surface area (Å²) in [4.78, 5) is 16.8. The van der Waals surface area contributed by atoms with Crippen molar-refractivity contribution in [1.82, 2.24) is 9.55 Å². The molecule has 130 valence electrons. The molecular formula is C17H21Cl2N3OS. The van der Waals surface area contributed by atoms with Gasteiger partial charge < -0.3 is 9.88 Å². The summed E-state index contributed by atoms with van der Waals surface area (Å²) < 4.78 is 2.17. The number of hydrogen-bond donors (Lipinski definition) is 1. The Morgan fingerprint density at radius 1 is 1.29 bits per heavy atom.